The lowest BCUT2D eigenvalue weighted by Gasteiger charge is -2.39. The van der Waals surface area contributed by atoms with E-state index in [-0.39, 0.29) is 5.82 Å². The maximum absolute atomic E-state index is 13.9. The lowest BCUT2D eigenvalue weighted by atomic mass is 10.1. The van der Waals surface area contributed by atoms with Crippen LogP contribution in [0.1, 0.15) is 6.92 Å². The molecule has 7 heteroatoms. The van der Waals surface area contributed by atoms with Crippen molar-refractivity contribution in [2.75, 3.05) is 31.1 Å². The summed E-state index contributed by atoms with van der Waals surface area (Å²) in [5.41, 5.74) is 1.12. The van der Waals surface area contributed by atoms with Crippen molar-refractivity contribution in [1.82, 2.24) is 10.0 Å². The molecule has 0 bridgehead atoms. The summed E-state index contributed by atoms with van der Waals surface area (Å²) in [4.78, 5) is 34.7. The molecule has 0 N–H and O–H groups in total. The Bertz CT molecular complexity index is 782. The highest BCUT2D eigenvalue weighted by molar-refractivity contribution is 6.28. The quantitative estimate of drug-likeness (QED) is 0.583. The molecular weight excluding hydrogens is 337 g/mol. The second-order valence-electron chi connectivity index (χ2n) is 5.92. The molecule has 1 atom stereocenters. The van der Waals surface area contributed by atoms with Gasteiger partial charge in [-0.1, -0.05) is 18.2 Å². The van der Waals surface area contributed by atoms with Crippen LogP contribution in [0.5, 0.6) is 0 Å². The number of carbonyl (C=O) groups is 2. The molecule has 0 saturated carbocycles. The molecule has 0 aliphatic carbocycles. The Balaban J connectivity index is 1.84. The minimum absolute atomic E-state index is 0.294. The van der Waals surface area contributed by atoms with Gasteiger partial charge in [0.15, 0.2) is 6.29 Å². The third kappa shape index (κ3) is 3.79. The Morgan fingerprint density at radius 1 is 1.31 bits per heavy atom. The molecule has 0 radical (unpaired) electrons. The van der Waals surface area contributed by atoms with Crippen molar-refractivity contribution >= 4 is 17.9 Å². The van der Waals surface area contributed by atoms with Gasteiger partial charge in [0.05, 0.1) is 13.2 Å². The zero-order valence-corrected chi connectivity index (χ0v) is 14.5. The van der Waals surface area contributed by atoms with Crippen LogP contribution in [0.3, 0.4) is 0 Å². The van der Waals surface area contributed by atoms with Crippen molar-refractivity contribution in [2.45, 2.75) is 13.0 Å². The highest BCUT2D eigenvalue weighted by Crippen LogP contribution is 2.25. The van der Waals surface area contributed by atoms with Crippen LogP contribution in [0.15, 0.2) is 42.6 Å². The Hall–Kier alpha value is -2.64. The number of aromatic nitrogens is 1. The lowest BCUT2D eigenvalue weighted by molar-refractivity contribution is -0.166. The van der Waals surface area contributed by atoms with Crippen molar-refractivity contribution < 1.29 is 18.8 Å². The number of Topliss-reactive ketones (excluding diaryl/α,β-unsaturated/α-hetero) is 1. The van der Waals surface area contributed by atoms with E-state index in [0.29, 0.717) is 49.5 Å². The molecular formula is C19H20FN3O3. The highest BCUT2D eigenvalue weighted by atomic mass is 19.1. The molecule has 3 rings (SSSR count). The number of rotatable bonds is 6. The van der Waals surface area contributed by atoms with Crippen molar-refractivity contribution in [3.8, 4) is 11.1 Å². The number of halogens is 1. The zero-order chi connectivity index (χ0) is 18.5. The highest BCUT2D eigenvalue weighted by Gasteiger charge is 2.33. The number of nitrogens with zero attached hydrogens (tertiary/aromatic N) is 3. The molecule has 136 valence electrons. The number of hydroxylamine groups is 2. The van der Waals surface area contributed by atoms with Gasteiger partial charge in [0.25, 0.3) is 0 Å². The van der Waals surface area contributed by atoms with Gasteiger partial charge in [0.2, 0.25) is 5.78 Å². The summed E-state index contributed by atoms with van der Waals surface area (Å²) in [6.45, 7) is 3.75. The molecule has 0 spiro atoms. The summed E-state index contributed by atoms with van der Waals surface area (Å²) in [5, 5.41) is 1.69. The molecule has 26 heavy (non-hydrogen) atoms. The standard InChI is InChI=1S/C19H20FN3O3/c1-2-26-22-9-10-23(17(12-22)18(25)13-24)19-8-7-14(11-21-19)15-5-3-4-6-16(15)20/h3-8,11,13,17H,2,9-10,12H2,1H3. The fraction of sp³-hybridized carbons (Fsp3) is 0.316. The number of benzene rings is 1. The Kier molecular flexibility index (Phi) is 5.70. The first-order valence-electron chi connectivity index (χ1n) is 8.48. The molecule has 1 aromatic carbocycles. The van der Waals surface area contributed by atoms with E-state index >= 15 is 0 Å². The summed E-state index contributed by atoms with van der Waals surface area (Å²) in [6.07, 6.45) is 1.91. The van der Waals surface area contributed by atoms with Gasteiger partial charge in [-0.25, -0.2) is 9.37 Å². The van der Waals surface area contributed by atoms with Crippen LogP contribution in [0.25, 0.3) is 11.1 Å². The molecule has 1 unspecified atom stereocenters. The Morgan fingerprint density at radius 2 is 2.12 bits per heavy atom. The summed E-state index contributed by atoms with van der Waals surface area (Å²) in [7, 11) is 0. The second kappa shape index (κ2) is 8.16. The number of hydrogen-bond acceptors (Lipinski definition) is 6. The average Bonchev–Trinajstić information content (AvgIpc) is 2.68. The number of anilines is 1. The molecule has 2 aromatic rings. The van der Waals surface area contributed by atoms with Crippen LogP contribution >= 0.6 is 0 Å². The Morgan fingerprint density at radius 3 is 2.77 bits per heavy atom. The van der Waals surface area contributed by atoms with Gasteiger partial charge in [-0.15, -0.1) is 0 Å². The van der Waals surface area contributed by atoms with Crippen molar-refractivity contribution in [3.63, 3.8) is 0 Å². The topological polar surface area (TPSA) is 62.7 Å². The minimum Gasteiger partial charge on any atom is -0.343 e. The summed E-state index contributed by atoms with van der Waals surface area (Å²) >= 11 is 0. The van der Waals surface area contributed by atoms with E-state index in [1.54, 1.807) is 46.5 Å². The first kappa shape index (κ1) is 18.2. The second-order valence-corrected chi connectivity index (χ2v) is 5.92. The molecule has 0 amide bonds. The predicted octanol–water partition coefficient (Wildman–Crippen LogP) is 2.10. The fourth-order valence-corrected chi connectivity index (χ4v) is 3.06. The maximum atomic E-state index is 13.9. The van der Waals surface area contributed by atoms with Crippen LogP contribution in [-0.2, 0) is 14.4 Å². The summed E-state index contributed by atoms with van der Waals surface area (Å²) in [5.74, 6) is -0.266. The van der Waals surface area contributed by atoms with Crippen LogP contribution in [-0.4, -0.2) is 54.4 Å². The molecule has 1 aromatic heterocycles. The van der Waals surface area contributed by atoms with E-state index in [0.717, 1.165) is 0 Å². The first-order chi connectivity index (χ1) is 12.6. The van der Waals surface area contributed by atoms with E-state index in [1.165, 1.54) is 6.07 Å². The van der Waals surface area contributed by atoms with Gasteiger partial charge in [-0.3, -0.25) is 14.4 Å². The molecule has 1 aliphatic heterocycles. The minimum atomic E-state index is -0.653. The van der Waals surface area contributed by atoms with Crippen LogP contribution < -0.4 is 4.90 Å². The van der Waals surface area contributed by atoms with Crippen molar-refractivity contribution in [2.24, 2.45) is 0 Å². The number of pyridine rings is 1. The number of carbonyl (C=O) groups excluding carboxylic acids is 2. The van der Waals surface area contributed by atoms with Crippen molar-refractivity contribution in [1.29, 1.82) is 0 Å². The normalized spacial score (nSPS) is 17.9. The maximum Gasteiger partial charge on any atom is 0.218 e. The number of hydrogen-bond donors (Lipinski definition) is 0. The largest absolute Gasteiger partial charge is 0.343 e. The predicted molar refractivity (Wildman–Crippen MR) is 95.0 cm³/mol. The molecule has 1 fully saturated rings. The average molecular weight is 357 g/mol. The SMILES string of the molecule is CCON1CCN(c2ccc(-c3ccccc3F)cn2)C(C(=O)C=O)C1. The summed E-state index contributed by atoms with van der Waals surface area (Å²) in [6, 6.07) is 9.33. The van der Waals surface area contributed by atoms with Gasteiger partial charge in [-0.2, -0.15) is 5.06 Å². The van der Waals surface area contributed by atoms with Crippen molar-refractivity contribution in [3.05, 3.63) is 48.4 Å². The van der Waals surface area contributed by atoms with E-state index < -0.39 is 11.8 Å². The van der Waals surface area contributed by atoms with Crippen LogP contribution in [0.2, 0.25) is 0 Å². The zero-order valence-electron chi connectivity index (χ0n) is 14.5. The molecule has 2 heterocycles. The van der Waals surface area contributed by atoms with E-state index in [1.807, 2.05) is 6.92 Å². The monoisotopic (exact) mass is 357 g/mol. The smallest absolute Gasteiger partial charge is 0.218 e. The molecule has 1 saturated heterocycles. The van der Waals surface area contributed by atoms with Gasteiger partial charge < -0.3 is 4.90 Å². The van der Waals surface area contributed by atoms with Gasteiger partial charge in [-0.05, 0) is 25.1 Å². The fourth-order valence-electron chi connectivity index (χ4n) is 3.06. The molecule has 6 nitrogen and oxygen atoms in total. The third-order valence-electron chi connectivity index (χ3n) is 4.33. The van der Waals surface area contributed by atoms with Crippen LogP contribution in [0.4, 0.5) is 10.2 Å². The van der Waals surface area contributed by atoms with Gasteiger partial charge in [0, 0.05) is 30.4 Å². The number of piperazine rings is 1. The lowest BCUT2D eigenvalue weighted by Crippen LogP contribution is -2.57. The number of aldehydes is 1. The molecule has 1 aliphatic rings. The summed E-state index contributed by atoms with van der Waals surface area (Å²) < 4.78 is 13.9. The van der Waals surface area contributed by atoms with E-state index in [2.05, 4.69) is 4.98 Å². The number of ketones is 1. The van der Waals surface area contributed by atoms with E-state index in [4.69, 9.17) is 4.84 Å². The first-order valence-corrected chi connectivity index (χ1v) is 8.48. The van der Waals surface area contributed by atoms with Gasteiger partial charge >= 0.3 is 0 Å². The van der Waals surface area contributed by atoms with Crippen LogP contribution in [0, 0.1) is 5.82 Å². The third-order valence-corrected chi connectivity index (χ3v) is 4.33. The van der Waals surface area contributed by atoms with Gasteiger partial charge in [0.1, 0.15) is 17.7 Å². The Labute approximate surface area is 151 Å². The van der Waals surface area contributed by atoms with E-state index in [9.17, 15) is 14.0 Å².